The van der Waals surface area contributed by atoms with Gasteiger partial charge in [-0.1, -0.05) is 12.1 Å². The molecule has 1 atom stereocenters. The highest BCUT2D eigenvalue weighted by Crippen LogP contribution is 2.32. The minimum Gasteiger partial charge on any atom is -0.321 e. The maximum atomic E-state index is 13.0. The predicted octanol–water partition coefficient (Wildman–Crippen LogP) is 3.03. The lowest BCUT2D eigenvalue weighted by Gasteiger charge is -2.11. The number of hydrogen-bond donors (Lipinski definition) is 1. The van der Waals surface area contributed by atoms with E-state index >= 15 is 0 Å². The van der Waals surface area contributed by atoms with Crippen LogP contribution >= 0.6 is 0 Å². The fraction of sp³-hybridized carbons (Fsp3) is 0.200. The van der Waals surface area contributed by atoms with Crippen LogP contribution in [0.3, 0.4) is 0 Å². The van der Waals surface area contributed by atoms with Gasteiger partial charge in [-0.3, -0.25) is 0 Å². The quantitative estimate of drug-likeness (QED) is 0.600. The third-order valence-corrected chi connectivity index (χ3v) is 1.94. The third kappa shape index (κ3) is 2.56. The maximum Gasteiger partial charge on any atom is 0.419 e. The van der Waals surface area contributed by atoms with Crippen molar-refractivity contribution >= 4 is 0 Å². The highest BCUT2D eigenvalue weighted by molar-refractivity contribution is 5.29. The smallest absolute Gasteiger partial charge is 0.321 e. The van der Waals surface area contributed by atoms with Crippen LogP contribution < -0.4 is 5.73 Å². The average molecular weight is 219 g/mol. The van der Waals surface area contributed by atoms with E-state index in [2.05, 4.69) is 6.58 Å². The molecule has 0 radical (unpaired) electrons. The summed E-state index contributed by atoms with van der Waals surface area (Å²) in [7, 11) is 0. The lowest BCUT2D eigenvalue weighted by atomic mass is 10.0. The molecule has 0 saturated carbocycles. The van der Waals surface area contributed by atoms with Crippen molar-refractivity contribution in [1.82, 2.24) is 0 Å². The molecule has 1 aromatic rings. The molecule has 0 heterocycles. The summed E-state index contributed by atoms with van der Waals surface area (Å²) < 4.78 is 49.5. The van der Waals surface area contributed by atoms with Crippen LogP contribution in [0.4, 0.5) is 17.6 Å². The molecule has 15 heavy (non-hydrogen) atoms. The maximum absolute atomic E-state index is 13.0. The van der Waals surface area contributed by atoms with Gasteiger partial charge in [0.25, 0.3) is 0 Å². The molecule has 0 aromatic heterocycles. The lowest BCUT2D eigenvalue weighted by molar-refractivity contribution is -0.140. The first-order valence-corrected chi connectivity index (χ1v) is 4.11. The summed E-state index contributed by atoms with van der Waals surface area (Å²) in [4.78, 5) is 0. The Bertz CT molecular complexity index is 370. The Morgan fingerprint density at radius 1 is 1.33 bits per heavy atom. The first-order chi connectivity index (χ1) is 6.86. The molecule has 82 valence electrons. The van der Waals surface area contributed by atoms with E-state index in [1.807, 2.05) is 0 Å². The number of alkyl halides is 3. The topological polar surface area (TPSA) is 26.0 Å². The number of nitrogens with two attached hydrogens (primary N) is 1. The van der Waals surface area contributed by atoms with E-state index in [0.29, 0.717) is 6.07 Å². The molecule has 1 aromatic carbocycles. The van der Waals surface area contributed by atoms with E-state index in [1.54, 1.807) is 0 Å². The van der Waals surface area contributed by atoms with Crippen LogP contribution in [-0.4, -0.2) is 0 Å². The highest BCUT2D eigenvalue weighted by Gasteiger charge is 2.33. The molecular formula is C10H9F4N. The van der Waals surface area contributed by atoms with Gasteiger partial charge < -0.3 is 5.73 Å². The van der Waals surface area contributed by atoms with E-state index in [4.69, 9.17) is 5.73 Å². The van der Waals surface area contributed by atoms with Crippen molar-refractivity contribution in [2.75, 3.05) is 0 Å². The van der Waals surface area contributed by atoms with Crippen molar-refractivity contribution in [2.24, 2.45) is 5.73 Å². The molecule has 0 fully saturated rings. The number of hydrogen-bond acceptors (Lipinski definition) is 1. The van der Waals surface area contributed by atoms with E-state index in [-0.39, 0.29) is 5.56 Å². The molecule has 0 aliphatic carbocycles. The molecule has 0 aliphatic heterocycles. The summed E-state index contributed by atoms with van der Waals surface area (Å²) in [6, 6.07) is 1.92. The Kier molecular flexibility index (Phi) is 3.14. The van der Waals surface area contributed by atoms with Gasteiger partial charge in [-0.15, -0.1) is 6.58 Å². The molecule has 1 nitrogen and oxygen atoms in total. The van der Waals surface area contributed by atoms with Gasteiger partial charge >= 0.3 is 6.18 Å². The van der Waals surface area contributed by atoms with Crippen molar-refractivity contribution in [1.29, 1.82) is 0 Å². The fourth-order valence-corrected chi connectivity index (χ4v) is 1.10. The number of benzene rings is 1. The monoisotopic (exact) mass is 219 g/mol. The van der Waals surface area contributed by atoms with Crippen molar-refractivity contribution in [2.45, 2.75) is 12.2 Å². The Balaban J connectivity index is 3.14. The first-order valence-electron chi connectivity index (χ1n) is 4.11. The van der Waals surface area contributed by atoms with Crippen LogP contribution in [0.15, 0.2) is 30.9 Å². The van der Waals surface area contributed by atoms with Crippen LogP contribution in [0.5, 0.6) is 0 Å². The molecular weight excluding hydrogens is 210 g/mol. The van der Waals surface area contributed by atoms with Crippen molar-refractivity contribution in [3.05, 3.63) is 47.8 Å². The molecule has 1 rings (SSSR count). The molecule has 0 spiro atoms. The second-order valence-corrected chi connectivity index (χ2v) is 3.00. The van der Waals surface area contributed by atoms with Crippen LogP contribution in [0.2, 0.25) is 0 Å². The zero-order chi connectivity index (χ0) is 11.6. The van der Waals surface area contributed by atoms with E-state index in [9.17, 15) is 17.6 Å². The molecule has 0 unspecified atom stereocenters. The van der Waals surface area contributed by atoms with Crippen molar-refractivity contribution in [3.63, 3.8) is 0 Å². The second-order valence-electron chi connectivity index (χ2n) is 3.00. The van der Waals surface area contributed by atoms with Gasteiger partial charge in [0.1, 0.15) is 5.82 Å². The van der Waals surface area contributed by atoms with Gasteiger partial charge in [-0.2, -0.15) is 13.2 Å². The van der Waals surface area contributed by atoms with Gasteiger partial charge in [0, 0.05) is 6.04 Å². The van der Waals surface area contributed by atoms with Crippen molar-refractivity contribution < 1.29 is 17.6 Å². The predicted molar refractivity (Wildman–Crippen MR) is 48.5 cm³/mol. The van der Waals surface area contributed by atoms with Crippen LogP contribution in [-0.2, 0) is 6.18 Å². The average Bonchev–Trinajstić information content (AvgIpc) is 2.14. The third-order valence-electron chi connectivity index (χ3n) is 1.94. The minimum atomic E-state index is -4.68. The normalized spacial score (nSPS) is 13.7. The molecule has 2 N–H and O–H groups in total. The summed E-state index contributed by atoms with van der Waals surface area (Å²) in [6.45, 7) is 3.37. The van der Waals surface area contributed by atoms with Crippen LogP contribution in [0.25, 0.3) is 0 Å². The standard InChI is InChI=1S/C10H9F4N/c1-2-9(15)6-3-4-7(8(11)5-6)10(12,13)14/h2-5,9H,1,15H2/t9-/m1/s1. The van der Waals surface area contributed by atoms with Crippen molar-refractivity contribution in [3.8, 4) is 0 Å². The van der Waals surface area contributed by atoms with Gasteiger partial charge in [0.05, 0.1) is 5.56 Å². The van der Waals surface area contributed by atoms with Gasteiger partial charge in [-0.25, -0.2) is 4.39 Å². The van der Waals surface area contributed by atoms with E-state index in [0.717, 1.165) is 12.1 Å². The molecule has 0 aliphatic rings. The molecule has 0 bridgehead atoms. The van der Waals surface area contributed by atoms with Crippen LogP contribution in [0, 0.1) is 5.82 Å². The summed E-state index contributed by atoms with van der Waals surface area (Å²) in [5.74, 6) is -1.32. The first kappa shape index (κ1) is 11.7. The fourth-order valence-electron chi connectivity index (χ4n) is 1.10. The number of rotatable bonds is 2. The SMILES string of the molecule is C=C[C@@H](N)c1ccc(C(F)(F)F)c(F)c1. The van der Waals surface area contributed by atoms with Crippen LogP contribution in [0.1, 0.15) is 17.2 Å². The minimum absolute atomic E-state index is 0.260. The zero-order valence-electron chi connectivity index (χ0n) is 7.68. The molecule has 0 saturated heterocycles. The Hall–Kier alpha value is -1.36. The Labute approximate surface area is 84.2 Å². The summed E-state index contributed by atoms with van der Waals surface area (Å²) in [5.41, 5.74) is 4.43. The van der Waals surface area contributed by atoms with E-state index in [1.165, 1.54) is 6.08 Å². The molecule has 5 heteroatoms. The molecule has 0 amide bonds. The second kappa shape index (κ2) is 4.02. The summed E-state index contributed by atoms with van der Waals surface area (Å²) in [5, 5.41) is 0. The van der Waals surface area contributed by atoms with E-state index < -0.39 is 23.6 Å². The van der Waals surface area contributed by atoms with Gasteiger partial charge in [0.2, 0.25) is 0 Å². The summed E-state index contributed by atoms with van der Waals surface area (Å²) >= 11 is 0. The largest absolute Gasteiger partial charge is 0.419 e. The highest BCUT2D eigenvalue weighted by atomic mass is 19.4. The summed E-state index contributed by atoms with van der Waals surface area (Å²) in [6.07, 6.45) is -3.36. The Morgan fingerprint density at radius 3 is 2.33 bits per heavy atom. The van der Waals surface area contributed by atoms with Gasteiger partial charge in [0.15, 0.2) is 0 Å². The lowest BCUT2D eigenvalue weighted by Crippen LogP contribution is -2.11. The zero-order valence-corrected chi connectivity index (χ0v) is 7.68. The van der Waals surface area contributed by atoms with Gasteiger partial charge in [-0.05, 0) is 17.7 Å². The number of halogens is 4. The Morgan fingerprint density at radius 2 is 1.93 bits per heavy atom.